The van der Waals surface area contributed by atoms with Crippen LogP contribution in [0.2, 0.25) is 10.1 Å². The van der Waals surface area contributed by atoms with E-state index < -0.39 is 17.2 Å². The molecule has 0 aliphatic heterocycles. The number of thiophene rings is 1. The molecule has 0 bridgehead atoms. The lowest BCUT2D eigenvalue weighted by Gasteiger charge is -2.37. The Labute approximate surface area is 252 Å². The summed E-state index contributed by atoms with van der Waals surface area (Å²) in [6.07, 6.45) is 5.63. The summed E-state index contributed by atoms with van der Waals surface area (Å²) in [5, 5.41) is 11.4. The Bertz CT molecular complexity index is 1150. The van der Waals surface area contributed by atoms with Crippen LogP contribution in [0.5, 0.6) is 0 Å². The first-order chi connectivity index (χ1) is 18.3. The van der Waals surface area contributed by atoms with Crippen LogP contribution < -0.4 is 0 Å². The molecular weight excluding hydrogens is 549 g/mol. The number of hydrogen-bond donors (Lipinski definition) is 1. The fourth-order valence-corrected chi connectivity index (χ4v) is 6.60. The summed E-state index contributed by atoms with van der Waals surface area (Å²) in [6, 6.07) is 9.12. The number of rotatable bonds is 14. The summed E-state index contributed by atoms with van der Waals surface area (Å²) in [5.41, 5.74) is 5.36. The third-order valence-corrected chi connectivity index (χ3v) is 9.91. The maximum Gasteiger partial charge on any atom is 0.303 e. The van der Waals surface area contributed by atoms with Gasteiger partial charge in [0.05, 0.1) is 11.2 Å². The van der Waals surface area contributed by atoms with Crippen LogP contribution in [0, 0.1) is 0 Å². The van der Waals surface area contributed by atoms with E-state index in [2.05, 4.69) is 112 Å². The molecule has 0 aliphatic rings. The topological polar surface area (TPSA) is 55.8 Å². The minimum atomic E-state index is -0.749. The van der Waals surface area contributed by atoms with Gasteiger partial charge in [0.15, 0.2) is 0 Å². The zero-order chi connectivity index (χ0) is 30.4. The largest absolute Gasteiger partial charge is 0.481 e. The molecule has 7 heteroatoms. The van der Waals surface area contributed by atoms with E-state index in [1.165, 1.54) is 32.7 Å². The quantitative estimate of drug-likeness (QED) is 0.220. The Morgan fingerprint density at radius 2 is 1.40 bits per heavy atom. The minimum absolute atomic E-state index is 0.102. The molecule has 1 aromatic carbocycles. The van der Waals surface area contributed by atoms with Crippen LogP contribution in [0.3, 0.4) is 0 Å². The summed E-state index contributed by atoms with van der Waals surface area (Å²) in [4.78, 5) is 12.1. The number of aryl methyl sites for hydroxylation is 2. The van der Waals surface area contributed by atoms with Crippen molar-refractivity contribution in [1.29, 1.82) is 0 Å². The van der Waals surface area contributed by atoms with Crippen molar-refractivity contribution >= 4 is 42.4 Å². The van der Waals surface area contributed by atoms with Gasteiger partial charge in [0.2, 0.25) is 19.5 Å². The van der Waals surface area contributed by atoms with Crippen molar-refractivity contribution in [2.75, 3.05) is 0 Å². The Kier molecular flexibility index (Phi) is 12.2. The van der Waals surface area contributed by atoms with Crippen LogP contribution in [-0.2, 0) is 37.7 Å². The van der Waals surface area contributed by atoms with Crippen LogP contribution >= 0.6 is 11.3 Å². The normalized spacial score (nSPS) is 13.6. The van der Waals surface area contributed by atoms with Gasteiger partial charge in [0.25, 0.3) is 0 Å². The first-order valence-electron chi connectivity index (χ1n) is 14.4. The second-order valence-electron chi connectivity index (χ2n) is 13.6. The predicted molar refractivity (Wildman–Crippen MR) is 172 cm³/mol. The predicted octanol–water partition coefficient (Wildman–Crippen LogP) is 9.37. The molecule has 0 saturated heterocycles. The summed E-state index contributed by atoms with van der Waals surface area (Å²) >= 11 is 1.76. The van der Waals surface area contributed by atoms with E-state index >= 15 is 0 Å². The molecule has 0 unspecified atom stereocenters. The number of aliphatic carboxylic acids is 1. The second-order valence-corrected chi connectivity index (χ2v) is 18.4. The molecule has 0 aliphatic carbocycles. The molecule has 220 valence electrons. The molecular formula is C33H50O4SSi2. The highest BCUT2D eigenvalue weighted by atomic mass is 32.1. The van der Waals surface area contributed by atoms with Crippen LogP contribution in [0.1, 0.15) is 123 Å². The molecule has 0 atom stereocenters. The van der Waals surface area contributed by atoms with Crippen molar-refractivity contribution in [1.82, 2.24) is 0 Å². The van der Waals surface area contributed by atoms with Gasteiger partial charge in [-0.3, -0.25) is 4.79 Å². The van der Waals surface area contributed by atoms with Crippen molar-refractivity contribution in [3.8, 4) is 0 Å². The van der Waals surface area contributed by atoms with E-state index in [4.69, 9.17) is 14.0 Å². The Balaban J connectivity index is 2.31. The highest BCUT2D eigenvalue weighted by Crippen LogP contribution is 2.39. The smallest absolute Gasteiger partial charge is 0.303 e. The van der Waals surface area contributed by atoms with Gasteiger partial charge in [0, 0.05) is 11.3 Å². The molecule has 0 spiro atoms. The molecule has 1 N–H and O–H groups in total. The van der Waals surface area contributed by atoms with Crippen molar-refractivity contribution in [2.45, 2.75) is 130 Å². The average molecular weight is 599 g/mol. The number of benzene rings is 1. The standard InChI is InChI=1S/C33H50O4SSi2/c1-12-25(14-13-15-29(34)35)28-21-24(22-38-28)17-16-23-18-19-26(32(8,9)36-39-30(2,3)4)27(20-23)33(10,11)37-40-31(5,6)7/h14,18-22H,12-13,15-17H2,1-11H3,(H,34,35). The van der Waals surface area contributed by atoms with Crippen LogP contribution in [0.25, 0.3) is 5.57 Å². The van der Waals surface area contributed by atoms with E-state index in [1.807, 2.05) is 0 Å². The molecule has 0 amide bonds. The molecule has 0 fully saturated rings. The van der Waals surface area contributed by atoms with Gasteiger partial charge in [-0.25, -0.2) is 0 Å². The first-order valence-corrected chi connectivity index (χ1v) is 17.1. The summed E-state index contributed by atoms with van der Waals surface area (Å²) in [5.74, 6) is -0.749. The molecule has 1 heterocycles. The number of carboxylic acids is 1. The van der Waals surface area contributed by atoms with Gasteiger partial charge >= 0.3 is 5.97 Å². The third kappa shape index (κ3) is 11.4. The highest BCUT2D eigenvalue weighted by molar-refractivity contribution is 7.11. The van der Waals surface area contributed by atoms with Crippen molar-refractivity contribution in [3.63, 3.8) is 0 Å². The lowest BCUT2D eigenvalue weighted by Crippen LogP contribution is -2.34. The summed E-state index contributed by atoms with van der Waals surface area (Å²) in [6.45, 7) is 24.2. The Hall–Kier alpha value is -1.52. The van der Waals surface area contributed by atoms with Gasteiger partial charge < -0.3 is 14.0 Å². The van der Waals surface area contributed by atoms with Crippen molar-refractivity contribution in [3.05, 3.63) is 62.9 Å². The monoisotopic (exact) mass is 598 g/mol. The van der Waals surface area contributed by atoms with Crippen molar-refractivity contribution < 1.29 is 18.8 Å². The summed E-state index contributed by atoms with van der Waals surface area (Å²) < 4.78 is 13.1. The Morgan fingerprint density at radius 3 is 1.93 bits per heavy atom. The van der Waals surface area contributed by atoms with E-state index in [0.717, 1.165) is 19.3 Å². The van der Waals surface area contributed by atoms with Crippen LogP contribution in [0.15, 0.2) is 35.7 Å². The highest BCUT2D eigenvalue weighted by Gasteiger charge is 2.34. The fourth-order valence-electron chi connectivity index (χ4n) is 4.19. The molecule has 1 aromatic heterocycles. The fraction of sp³-hybridized carbons (Fsp3) is 0.606. The van der Waals surface area contributed by atoms with Crippen molar-refractivity contribution in [2.24, 2.45) is 0 Å². The van der Waals surface area contributed by atoms with Crippen LogP contribution in [-0.4, -0.2) is 30.6 Å². The number of carbonyl (C=O) groups is 1. The molecule has 4 nitrogen and oxygen atoms in total. The zero-order valence-electron chi connectivity index (χ0n) is 26.6. The lowest BCUT2D eigenvalue weighted by atomic mass is 9.84. The second kappa shape index (κ2) is 14.1. The lowest BCUT2D eigenvalue weighted by molar-refractivity contribution is -0.136. The van der Waals surface area contributed by atoms with E-state index in [0.29, 0.717) is 25.9 Å². The zero-order valence-corrected chi connectivity index (χ0v) is 29.4. The maximum absolute atomic E-state index is 10.9. The average Bonchev–Trinajstić information content (AvgIpc) is 3.31. The number of carboxylic acid groups (broad SMARTS) is 1. The molecule has 2 rings (SSSR count). The molecule has 40 heavy (non-hydrogen) atoms. The van der Waals surface area contributed by atoms with Gasteiger partial charge in [0.1, 0.15) is 0 Å². The minimum Gasteiger partial charge on any atom is -0.481 e. The SMILES string of the molecule is CCC(=CCCC(=O)O)c1cc(CCc2ccc(C(C)(C)O[Si]C(C)(C)C)c(C(C)(C)O[Si]C(C)(C)C)c2)cs1. The number of hydrogen-bond acceptors (Lipinski definition) is 4. The molecule has 2 aromatic rings. The van der Waals surface area contributed by atoms with Crippen LogP contribution in [0.4, 0.5) is 0 Å². The summed E-state index contributed by atoms with van der Waals surface area (Å²) in [7, 11) is 0.783. The third-order valence-electron chi connectivity index (χ3n) is 6.41. The first kappa shape index (κ1) is 34.7. The van der Waals surface area contributed by atoms with Gasteiger partial charge in [-0.15, -0.1) is 11.3 Å². The van der Waals surface area contributed by atoms with Gasteiger partial charge in [-0.05, 0) is 103 Å². The van der Waals surface area contributed by atoms with E-state index in [-0.39, 0.29) is 16.5 Å². The number of allylic oxidation sites excluding steroid dienone is 2. The Morgan fingerprint density at radius 1 is 0.850 bits per heavy atom. The van der Waals surface area contributed by atoms with Gasteiger partial charge in [-0.1, -0.05) is 72.7 Å². The molecule has 0 saturated carbocycles. The van der Waals surface area contributed by atoms with E-state index in [9.17, 15) is 4.79 Å². The maximum atomic E-state index is 10.9. The van der Waals surface area contributed by atoms with Gasteiger partial charge in [-0.2, -0.15) is 0 Å². The van der Waals surface area contributed by atoms with E-state index in [1.54, 1.807) is 11.3 Å². The molecule has 4 radical (unpaired) electrons.